The standard InChI is InChI=1S/C21H17FN4O3S/c1-25(20(28)16-10-13-14(22)8-5-9-15(13)30-16)17-18(23)26(21(29)24-19(17)27)11-12-6-3-2-4-7-12/h2-10H,11,23H2,1H3,(H,24,27,29). The minimum Gasteiger partial charge on any atom is -0.383 e. The number of aromatic nitrogens is 2. The molecule has 0 spiro atoms. The predicted molar refractivity (Wildman–Crippen MR) is 116 cm³/mol. The zero-order valence-electron chi connectivity index (χ0n) is 15.9. The normalized spacial score (nSPS) is 11.0. The summed E-state index contributed by atoms with van der Waals surface area (Å²) >= 11 is 1.11. The van der Waals surface area contributed by atoms with Gasteiger partial charge in [0.05, 0.1) is 11.4 Å². The van der Waals surface area contributed by atoms with Gasteiger partial charge in [-0.3, -0.25) is 19.1 Å². The van der Waals surface area contributed by atoms with Gasteiger partial charge >= 0.3 is 5.69 Å². The summed E-state index contributed by atoms with van der Waals surface area (Å²) in [7, 11) is 1.39. The van der Waals surface area contributed by atoms with E-state index in [1.165, 1.54) is 23.7 Å². The second kappa shape index (κ2) is 7.60. The highest BCUT2D eigenvalue weighted by Gasteiger charge is 2.24. The van der Waals surface area contributed by atoms with Crippen molar-refractivity contribution in [3.63, 3.8) is 0 Å². The Balaban J connectivity index is 1.76. The molecule has 9 heteroatoms. The van der Waals surface area contributed by atoms with Gasteiger partial charge in [-0.25, -0.2) is 9.18 Å². The maximum atomic E-state index is 14.0. The molecule has 30 heavy (non-hydrogen) atoms. The van der Waals surface area contributed by atoms with Gasteiger partial charge in [0, 0.05) is 17.1 Å². The van der Waals surface area contributed by atoms with Crippen LogP contribution in [-0.2, 0) is 6.54 Å². The highest BCUT2D eigenvalue weighted by Crippen LogP contribution is 2.29. The van der Waals surface area contributed by atoms with Crippen molar-refractivity contribution in [1.82, 2.24) is 9.55 Å². The van der Waals surface area contributed by atoms with Crippen LogP contribution in [0.3, 0.4) is 0 Å². The number of nitrogens with two attached hydrogens (primary N) is 1. The molecular weight excluding hydrogens is 407 g/mol. The number of halogens is 1. The van der Waals surface area contributed by atoms with Gasteiger partial charge in [0.1, 0.15) is 11.6 Å². The van der Waals surface area contributed by atoms with E-state index in [1.807, 2.05) is 30.3 Å². The molecule has 1 amide bonds. The first kappa shape index (κ1) is 19.6. The Morgan fingerprint density at radius 1 is 1.17 bits per heavy atom. The van der Waals surface area contributed by atoms with Crippen molar-refractivity contribution in [3.05, 3.63) is 91.7 Å². The highest BCUT2D eigenvalue weighted by atomic mass is 32.1. The van der Waals surface area contributed by atoms with E-state index in [-0.39, 0.29) is 22.9 Å². The summed E-state index contributed by atoms with van der Waals surface area (Å²) in [6.45, 7) is 0.130. The Labute approximate surface area is 173 Å². The lowest BCUT2D eigenvalue weighted by atomic mass is 10.2. The zero-order chi connectivity index (χ0) is 21.4. The predicted octanol–water partition coefficient (Wildman–Crippen LogP) is 2.80. The first-order valence-electron chi connectivity index (χ1n) is 8.99. The third kappa shape index (κ3) is 3.39. The summed E-state index contributed by atoms with van der Waals surface area (Å²) in [5.74, 6) is -1.09. The van der Waals surface area contributed by atoms with E-state index in [0.29, 0.717) is 10.1 Å². The number of rotatable bonds is 4. The highest BCUT2D eigenvalue weighted by molar-refractivity contribution is 7.20. The Hall–Kier alpha value is -3.72. The van der Waals surface area contributed by atoms with Gasteiger partial charge in [0.2, 0.25) is 0 Å². The van der Waals surface area contributed by atoms with E-state index < -0.39 is 23.0 Å². The van der Waals surface area contributed by atoms with Gasteiger partial charge in [0.25, 0.3) is 11.5 Å². The Bertz CT molecular complexity index is 1370. The molecule has 0 radical (unpaired) electrons. The molecule has 4 aromatic rings. The lowest BCUT2D eigenvalue weighted by Crippen LogP contribution is -2.39. The second-order valence-electron chi connectivity index (χ2n) is 6.69. The molecule has 0 bridgehead atoms. The molecule has 0 aliphatic carbocycles. The van der Waals surface area contributed by atoms with Crippen LogP contribution in [0.1, 0.15) is 15.2 Å². The lowest BCUT2D eigenvalue weighted by molar-refractivity contribution is 0.0996. The minimum atomic E-state index is -0.773. The third-order valence-corrected chi connectivity index (χ3v) is 5.85. The summed E-state index contributed by atoms with van der Waals surface area (Å²) < 4.78 is 15.8. The average molecular weight is 424 g/mol. The van der Waals surface area contributed by atoms with Gasteiger partial charge < -0.3 is 10.6 Å². The molecule has 0 fully saturated rings. The van der Waals surface area contributed by atoms with Crippen molar-refractivity contribution in [3.8, 4) is 0 Å². The Morgan fingerprint density at radius 3 is 2.60 bits per heavy atom. The van der Waals surface area contributed by atoms with Crippen molar-refractivity contribution in [2.24, 2.45) is 0 Å². The van der Waals surface area contributed by atoms with Crippen molar-refractivity contribution >= 4 is 38.8 Å². The van der Waals surface area contributed by atoms with Crippen LogP contribution in [0, 0.1) is 5.82 Å². The van der Waals surface area contributed by atoms with Crippen LogP contribution in [0.15, 0.2) is 64.2 Å². The molecule has 3 N–H and O–H groups in total. The zero-order valence-corrected chi connectivity index (χ0v) is 16.7. The van der Waals surface area contributed by atoms with Crippen LogP contribution < -0.4 is 21.9 Å². The molecule has 0 aliphatic rings. The van der Waals surface area contributed by atoms with Crippen molar-refractivity contribution in [2.45, 2.75) is 6.54 Å². The molecule has 2 heterocycles. The summed E-state index contributed by atoms with van der Waals surface area (Å²) in [5.41, 5.74) is 5.36. The first-order chi connectivity index (χ1) is 14.4. The molecule has 0 saturated heterocycles. The second-order valence-corrected chi connectivity index (χ2v) is 7.78. The van der Waals surface area contributed by atoms with Crippen LogP contribution in [0.4, 0.5) is 15.9 Å². The fraction of sp³-hybridized carbons (Fsp3) is 0.0952. The maximum Gasteiger partial charge on any atom is 0.330 e. The number of nitrogens with zero attached hydrogens (tertiary/aromatic N) is 2. The molecule has 2 aromatic heterocycles. The molecule has 0 atom stereocenters. The topological polar surface area (TPSA) is 101 Å². The van der Waals surface area contributed by atoms with Crippen molar-refractivity contribution in [1.29, 1.82) is 0 Å². The van der Waals surface area contributed by atoms with Crippen molar-refractivity contribution < 1.29 is 9.18 Å². The number of anilines is 2. The fourth-order valence-electron chi connectivity index (χ4n) is 3.22. The monoisotopic (exact) mass is 424 g/mol. The molecule has 0 unspecified atom stereocenters. The van der Waals surface area contributed by atoms with Crippen LogP contribution in [0.2, 0.25) is 0 Å². The number of amides is 1. The number of fused-ring (bicyclic) bond motifs is 1. The van der Waals surface area contributed by atoms with E-state index in [9.17, 15) is 18.8 Å². The largest absolute Gasteiger partial charge is 0.383 e. The Morgan fingerprint density at radius 2 is 1.90 bits per heavy atom. The summed E-state index contributed by atoms with van der Waals surface area (Å²) in [5, 5.41) is 0.329. The van der Waals surface area contributed by atoms with Crippen LogP contribution in [0.25, 0.3) is 10.1 Å². The van der Waals surface area contributed by atoms with E-state index in [4.69, 9.17) is 5.73 Å². The summed E-state index contributed by atoms with van der Waals surface area (Å²) in [6, 6.07) is 15.1. The molecule has 152 valence electrons. The number of thiophene rings is 1. The number of benzene rings is 2. The van der Waals surface area contributed by atoms with Crippen molar-refractivity contribution in [2.75, 3.05) is 17.7 Å². The lowest BCUT2D eigenvalue weighted by Gasteiger charge is -2.20. The number of H-pyrrole nitrogens is 1. The SMILES string of the molecule is CN(C(=O)c1cc2c(F)cccc2s1)c1c(N)n(Cc2ccccc2)c(=O)[nH]c1=O. The number of hydrogen-bond acceptors (Lipinski definition) is 5. The summed E-state index contributed by atoms with van der Waals surface area (Å²) in [4.78, 5) is 41.3. The first-order valence-corrected chi connectivity index (χ1v) is 9.81. The molecule has 7 nitrogen and oxygen atoms in total. The van der Waals surface area contributed by atoms with E-state index in [0.717, 1.165) is 21.8 Å². The molecule has 2 aromatic carbocycles. The van der Waals surface area contributed by atoms with Gasteiger partial charge in [-0.05, 0) is 23.8 Å². The smallest absolute Gasteiger partial charge is 0.330 e. The Kier molecular flexibility index (Phi) is 4.96. The number of hydrogen-bond donors (Lipinski definition) is 2. The number of carbonyl (C=O) groups is 1. The molecule has 4 rings (SSSR count). The quantitative estimate of drug-likeness (QED) is 0.526. The molecular formula is C21H17FN4O3S. The molecule has 0 aliphatic heterocycles. The van der Waals surface area contributed by atoms with E-state index in [2.05, 4.69) is 4.98 Å². The number of aromatic amines is 1. The third-order valence-electron chi connectivity index (χ3n) is 4.76. The van der Waals surface area contributed by atoms with Crippen LogP contribution >= 0.6 is 11.3 Å². The van der Waals surface area contributed by atoms with Crippen LogP contribution in [-0.4, -0.2) is 22.5 Å². The number of nitrogens with one attached hydrogen (secondary N) is 1. The van der Waals surface area contributed by atoms with E-state index in [1.54, 1.807) is 12.1 Å². The summed E-state index contributed by atoms with van der Waals surface area (Å²) in [6.07, 6.45) is 0. The maximum absolute atomic E-state index is 14.0. The fourth-order valence-corrected chi connectivity index (χ4v) is 4.27. The average Bonchev–Trinajstić information content (AvgIpc) is 3.17. The van der Waals surface area contributed by atoms with Gasteiger partial charge in [-0.1, -0.05) is 36.4 Å². The van der Waals surface area contributed by atoms with Gasteiger partial charge in [0.15, 0.2) is 5.69 Å². The molecule has 0 saturated carbocycles. The van der Waals surface area contributed by atoms with Gasteiger partial charge in [-0.15, -0.1) is 11.3 Å². The minimum absolute atomic E-state index is 0.129. The van der Waals surface area contributed by atoms with E-state index >= 15 is 0 Å². The number of carbonyl (C=O) groups excluding carboxylic acids is 1. The number of nitrogen functional groups attached to an aromatic ring is 1. The van der Waals surface area contributed by atoms with Crippen LogP contribution in [0.5, 0.6) is 0 Å². The van der Waals surface area contributed by atoms with Gasteiger partial charge in [-0.2, -0.15) is 0 Å².